The Morgan fingerprint density at radius 3 is 1.51 bits per heavy atom. The van der Waals surface area contributed by atoms with Gasteiger partial charge in [-0.25, -0.2) is 0 Å². The van der Waals surface area contributed by atoms with Crippen molar-refractivity contribution in [2.45, 2.75) is 200 Å². The van der Waals surface area contributed by atoms with Crippen molar-refractivity contribution in [2.75, 3.05) is 26.7 Å². The van der Waals surface area contributed by atoms with Gasteiger partial charge in [-0.15, -0.1) is 0 Å². The molecule has 0 aromatic heterocycles. The summed E-state index contributed by atoms with van der Waals surface area (Å²) >= 11 is 0. The lowest BCUT2D eigenvalue weighted by Crippen LogP contribution is -2.30. The molecule has 0 spiro atoms. The van der Waals surface area contributed by atoms with Crippen LogP contribution in [0.25, 0.3) is 0 Å². The number of hydrogen-bond acceptors (Lipinski definition) is 4. The topological polar surface area (TPSA) is 49.8 Å². The van der Waals surface area contributed by atoms with Crippen molar-refractivity contribution in [1.29, 1.82) is 0 Å². The Bertz CT molecular complexity index is 526. The summed E-state index contributed by atoms with van der Waals surface area (Å²) < 4.78 is 5.74. The maximum absolute atomic E-state index is 12.4. The van der Waals surface area contributed by atoms with Crippen molar-refractivity contribution in [2.24, 2.45) is 5.92 Å². The van der Waals surface area contributed by atoms with Gasteiger partial charge in [0.25, 0.3) is 0 Å². The molecule has 4 nitrogen and oxygen atoms in total. The minimum Gasteiger partial charge on any atom is -0.465 e. The summed E-state index contributed by atoms with van der Waals surface area (Å²) in [5.74, 6) is 0.536. The van der Waals surface area contributed by atoms with Gasteiger partial charge in [0.2, 0.25) is 0 Å². The molecule has 0 fully saturated rings. The molecule has 0 bridgehead atoms. The van der Waals surface area contributed by atoms with Gasteiger partial charge in [0.15, 0.2) is 0 Å². The molecule has 0 aliphatic rings. The second-order valence-electron chi connectivity index (χ2n) is 13.2. The van der Waals surface area contributed by atoms with Crippen LogP contribution in [0.4, 0.5) is 0 Å². The molecule has 0 aliphatic carbocycles. The lowest BCUT2D eigenvalue weighted by atomic mass is 9.95. The van der Waals surface area contributed by atoms with Crippen molar-refractivity contribution in [3.05, 3.63) is 0 Å². The van der Waals surface area contributed by atoms with Crippen LogP contribution in [0.2, 0.25) is 0 Å². The third-order valence-corrected chi connectivity index (χ3v) is 8.75. The summed E-state index contributed by atoms with van der Waals surface area (Å²) in [4.78, 5) is 14.6. The van der Waals surface area contributed by atoms with E-state index in [4.69, 9.17) is 4.74 Å². The van der Waals surface area contributed by atoms with Gasteiger partial charge in [0.1, 0.15) is 0 Å². The first-order chi connectivity index (χ1) is 20.0. The van der Waals surface area contributed by atoms with E-state index in [1.54, 1.807) is 0 Å². The van der Waals surface area contributed by atoms with Crippen LogP contribution in [0.3, 0.4) is 0 Å². The van der Waals surface area contributed by atoms with E-state index in [9.17, 15) is 9.90 Å². The third kappa shape index (κ3) is 30.6. The highest BCUT2D eigenvalue weighted by molar-refractivity contribution is 5.69. The van der Waals surface area contributed by atoms with Crippen LogP contribution in [-0.4, -0.2) is 48.8 Å². The Morgan fingerprint density at radius 1 is 0.585 bits per heavy atom. The molecule has 2 unspecified atom stereocenters. The van der Waals surface area contributed by atoms with Crippen molar-refractivity contribution in [3.8, 4) is 0 Å². The number of aliphatic hydroxyl groups is 1. The maximum Gasteiger partial charge on any atom is 0.305 e. The summed E-state index contributed by atoms with van der Waals surface area (Å²) in [5.41, 5.74) is 0. The maximum atomic E-state index is 12.4. The van der Waals surface area contributed by atoms with E-state index < -0.39 is 0 Å². The van der Waals surface area contributed by atoms with Crippen LogP contribution in [0, 0.1) is 5.92 Å². The van der Waals surface area contributed by atoms with Gasteiger partial charge in [0.05, 0.1) is 12.7 Å². The fourth-order valence-corrected chi connectivity index (χ4v) is 5.90. The first-order valence-electron chi connectivity index (χ1n) is 18.6. The molecule has 4 heteroatoms. The molecule has 0 aromatic carbocycles. The number of carbonyl (C=O) groups is 1. The fourth-order valence-electron chi connectivity index (χ4n) is 5.90. The Labute approximate surface area is 258 Å². The second-order valence-corrected chi connectivity index (χ2v) is 13.2. The van der Waals surface area contributed by atoms with E-state index in [1.807, 2.05) is 0 Å². The quantitative estimate of drug-likeness (QED) is 0.0618. The summed E-state index contributed by atoms with van der Waals surface area (Å²) in [6.45, 7) is 9.18. The zero-order valence-electron chi connectivity index (χ0n) is 28.6. The van der Waals surface area contributed by atoms with Crippen molar-refractivity contribution in [3.63, 3.8) is 0 Å². The van der Waals surface area contributed by atoms with Gasteiger partial charge in [-0.2, -0.15) is 0 Å². The van der Waals surface area contributed by atoms with Crippen molar-refractivity contribution < 1.29 is 14.6 Å². The molecule has 0 rings (SSSR count). The van der Waals surface area contributed by atoms with E-state index >= 15 is 0 Å². The number of ether oxygens (including phenoxy) is 1. The predicted octanol–water partition coefficient (Wildman–Crippen LogP) is 11.0. The number of nitrogens with zero attached hydrogens (tertiary/aromatic N) is 1. The van der Waals surface area contributed by atoms with Crippen LogP contribution in [0.15, 0.2) is 0 Å². The SMILES string of the molecule is CCCCCCCCCCCCC(O)CN(C)CCCCCC(=O)OCC(CCCCCC)CCCCCCCC. The Morgan fingerprint density at radius 2 is 1.00 bits per heavy atom. The van der Waals surface area contributed by atoms with Crippen LogP contribution in [0.5, 0.6) is 0 Å². The minimum atomic E-state index is -0.213. The summed E-state index contributed by atoms with van der Waals surface area (Å²) in [6, 6.07) is 0. The van der Waals surface area contributed by atoms with Crippen molar-refractivity contribution >= 4 is 5.97 Å². The van der Waals surface area contributed by atoms with E-state index in [0.717, 1.165) is 45.2 Å². The number of likely N-dealkylation sites (N-methyl/N-ethyl adjacent to an activating group) is 1. The van der Waals surface area contributed by atoms with Gasteiger partial charge in [-0.05, 0) is 51.6 Å². The molecular weight excluding hydrogens is 506 g/mol. The highest BCUT2D eigenvalue weighted by Gasteiger charge is 2.13. The molecule has 0 saturated heterocycles. The fraction of sp³-hybridized carbons (Fsp3) is 0.973. The van der Waals surface area contributed by atoms with Gasteiger partial charge in [-0.3, -0.25) is 4.79 Å². The molecule has 1 N–H and O–H groups in total. The number of unbranched alkanes of at least 4 members (excludes halogenated alkanes) is 19. The predicted molar refractivity (Wildman–Crippen MR) is 180 cm³/mol. The van der Waals surface area contributed by atoms with Crippen LogP contribution < -0.4 is 0 Å². The van der Waals surface area contributed by atoms with Crippen LogP contribution in [0.1, 0.15) is 194 Å². The lowest BCUT2D eigenvalue weighted by molar-refractivity contribution is -0.145. The Hall–Kier alpha value is -0.610. The highest BCUT2D eigenvalue weighted by Crippen LogP contribution is 2.20. The lowest BCUT2D eigenvalue weighted by Gasteiger charge is -2.20. The normalized spacial score (nSPS) is 13.1. The molecule has 2 atom stereocenters. The molecule has 0 aliphatic heterocycles. The zero-order valence-corrected chi connectivity index (χ0v) is 28.6. The number of rotatable bonds is 33. The molecular formula is C37H75NO3. The smallest absolute Gasteiger partial charge is 0.305 e. The first kappa shape index (κ1) is 40.4. The zero-order chi connectivity index (χ0) is 30.2. The number of aliphatic hydroxyl groups excluding tert-OH is 1. The number of carbonyl (C=O) groups excluding carboxylic acids is 1. The molecule has 41 heavy (non-hydrogen) atoms. The van der Waals surface area contributed by atoms with Gasteiger partial charge in [0, 0.05) is 13.0 Å². The van der Waals surface area contributed by atoms with E-state index in [2.05, 4.69) is 32.7 Å². The van der Waals surface area contributed by atoms with E-state index in [-0.39, 0.29) is 12.1 Å². The Kier molecular flexibility index (Phi) is 31.8. The van der Waals surface area contributed by atoms with E-state index in [1.165, 1.54) is 135 Å². The standard InChI is InChI=1S/C37H75NO3/c1-5-8-11-14-16-17-18-19-21-25-30-36(39)33-38(4)32-27-22-26-31-37(40)41-34-35(28-23-13-10-7-3)29-24-20-15-12-9-6-2/h35-36,39H,5-34H2,1-4H3. The molecule has 0 amide bonds. The Balaban J connectivity index is 3.83. The monoisotopic (exact) mass is 582 g/mol. The second kappa shape index (κ2) is 32.3. The largest absolute Gasteiger partial charge is 0.465 e. The highest BCUT2D eigenvalue weighted by atomic mass is 16.5. The van der Waals surface area contributed by atoms with E-state index in [0.29, 0.717) is 18.9 Å². The summed E-state index contributed by atoms with van der Waals surface area (Å²) in [6.07, 6.45) is 33.2. The number of esters is 1. The molecule has 0 radical (unpaired) electrons. The average molecular weight is 582 g/mol. The summed E-state index contributed by atoms with van der Waals surface area (Å²) in [5, 5.41) is 10.4. The minimum absolute atomic E-state index is 0.00762. The van der Waals surface area contributed by atoms with Crippen LogP contribution >= 0.6 is 0 Å². The van der Waals surface area contributed by atoms with Gasteiger partial charge >= 0.3 is 5.97 Å². The van der Waals surface area contributed by atoms with Crippen molar-refractivity contribution in [1.82, 2.24) is 4.90 Å². The van der Waals surface area contributed by atoms with Gasteiger partial charge in [-0.1, -0.05) is 156 Å². The third-order valence-electron chi connectivity index (χ3n) is 8.75. The molecule has 0 heterocycles. The number of hydrogen-bond donors (Lipinski definition) is 1. The average Bonchev–Trinajstić information content (AvgIpc) is 2.96. The summed E-state index contributed by atoms with van der Waals surface area (Å²) in [7, 11) is 2.11. The molecule has 0 saturated carbocycles. The molecule has 0 aromatic rings. The molecule has 246 valence electrons. The first-order valence-corrected chi connectivity index (χ1v) is 18.6. The van der Waals surface area contributed by atoms with Crippen LogP contribution in [-0.2, 0) is 9.53 Å². The van der Waals surface area contributed by atoms with Gasteiger partial charge < -0.3 is 14.7 Å².